The van der Waals surface area contributed by atoms with E-state index in [0.29, 0.717) is 50.7 Å². The fourth-order valence-electron chi connectivity index (χ4n) is 2.91. The molecule has 1 saturated heterocycles. The molecule has 1 fully saturated rings. The Morgan fingerprint density at radius 2 is 1.97 bits per heavy atom. The second kappa shape index (κ2) is 11.8. The Kier molecular flexibility index (Phi) is 10.2. The molecular formula is C20H27Cl2N3O4. The van der Waals surface area contributed by atoms with Gasteiger partial charge in [-0.2, -0.15) is 0 Å². The summed E-state index contributed by atoms with van der Waals surface area (Å²) in [5, 5.41) is 2.91. The average molecular weight is 444 g/mol. The van der Waals surface area contributed by atoms with Crippen molar-refractivity contribution in [3.8, 4) is 11.5 Å². The van der Waals surface area contributed by atoms with Crippen LogP contribution in [0.3, 0.4) is 0 Å². The number of nitrogens with zero attached hydrogens (tertiary/aromatic N) is 1. The van der Waals surface area contributed by atoms with E-state index in [9.17, 15) is 4.79 Å². The molecule has 1 aromatic heterocycles. The van der Waals surface area contributed by atoms with Crippen molar-refractivity contribution in [1.29, 1.82) is 0 Å². The van der Waals surface area contributed by atoms with Crippen LogP contribution in [-0.2, 0) is 22.7 Å². The summed E-state index contributed by atoms with van der Waals surface area (Å²) in [4.78, 5) is 16.5. The van der Waals surface area contributed by atoms with Gasteiger partial charge in [0, 0.05) is 37.7 Å². The molecule has 0 aliphatic carbocycles. The van der Waals surface area contributed by atoms with Crippen molar-refractivity contribution in [2.45, 2.75) is 31.5 Å². The van der Waals surface area contributed by atoms with E-state index in [1.54, 1.807) is 19.5 Å². The number of carbonyl (C=O) groups excluding carboxylic acids is 1. The predicted octanol–water partition coefficient (Wildman–Crippen LogP) is 2.64. The van der Waals surface area contributed by atoms with Crippen LogP contribution in [0.4, 0.5) is 0 Å². The van der Waals surface area contributed by atoms with Crippen molar-refractivity contribution < 1.29 is 19.0 Å². The van der Waals surface area contributed by atoms with Gasteiger partial charge in [-0.15, -0.1) is 24.8 Å². The highest BCUT2D eigenvalue weighted by Gasteiger charge is 2.35. The number of pyridine rings is 1. The number of nitrogens with two attached hydrogens (primary N) is 1. The molecular weight excluding hydrogens is 417 g/mol. The van der Waals surface area contributed by atoms with E-state index in [4.69, 9.17) is 19.9 Å². The van der Waals surface area contributed by atoms with E-state index >= 15 is 0 Å². The van der Waals surface area contributed by atoms with E-state index in [-0.39, 0.29) is 30.7 Å². The van der Waals surface area contributed by atoms with Crippen molar-refractivity contribution >= 4 is 30.7 Å². The Hall–Kier alpha value is -2.06. The third kappa shape index (κ3) is 6.75. The molecule has 29 heavy (non-hydrogen) atoms. The number of benzene rings is 1. The van der Waals surface area contributed by atoms with Crippen molar-refractivity contribution in [2.24, 2.45) is 5.73 Å². The lowest BCUT2D eigenvalue weighted by Crippen LogP contribution is -2.56. The second-order valence-electron chi connectivity index (χ2n) is 6.59. The molecule has 3 rings (SSSR count). The predicted molar refractivity (Wildman–Crippen MR) is 115 cm³/mol. The number of halogens is 2. The number of hydrogen-bond donors (Lipinski definition) is 2. The maximum Gasteiger partial charge on any atom is 0.240 e. The molecule has 9 heteroatoms. The fourth-order valence-corrected chi connectivity index (χ4v) is 2.91. The zero-order chi connectivity index (χ0) is 19.1. The van der Waals surface area contributed by atoms with Crippen molar-refractivity contribution in [2.75, 3.05) is 20.3 Å². The second-order valence-corrected chi connectivity index (χ2v) is 6.59. The molecule has 0 saturated carbocycles. The van der Waals surface area contributed by atoms with Crippen molar-refractivity contribution in [1.82, 2.24) is 10.3 Å². The first-order valence-electron chi connectivity index (χ1n) is 8.94. The Morgan fingerprint density at radius 3 is 2.62 bits per heavy atom. The van der Waals surface area contributed by atoms with Gasteiger partial charge in [0.05, 0.1) is 12.6 Å². The monoisotopic (exact) mass is 443 g/mol. The van der Waals surface area contributed by atoms with Gasteiger partial charge in [-0.05, 0) is 36.6 Å². The molecule has 3 N–H and O–H groups in total. The summed E-state index contributed by atoms with van der Waals surface area (Å²) in [5.41, 5.74) is 7.23. The first kappa shape index (κ1) is 25.0. The highest BCUT2D eigenvalue weighted by Crippen LogP contribution is 2.29. The van der Waals surface area contributed by atoms with Crippen LogP contribution in [0.5, 0.6) is 11.5 Å². The van der Waals surface area contributed by atoms with Crippen LogP contribution in [0.25, 0.3) is 0 Å². The quantitative estimate of drug-likeness (QED) is 0.682. The average Bonchev–Trinajstić information content (AvgIpc) is 2.72. The van der Waals surface area contributed by atoms with Gasteiger partial charge in [0.15, 0.2) is 11.5 Å². The third-order valence-electron chi connectivity index (χ3n) is 4.64. The molecule has 7 nitrogen and oxygen atoms in total. The third-order valence-corrected chi connectivity index (χ3v) is 4.64. The largest absolute Gasteiger partial charge is 0.493 e. The number of hydrogen-bond acceptors (Lipinski definition) is 6. The lowest BCUT2D eigenvalue weighted by atomic mass is 9.90. The van der Waals surface area contributed by atoms with Gasteiger partial charge in [-0.1, -0.05) is 12.1 Å². The van der Waals surface area contributed by atoms with Crippen LogP contribution in [0, 0.1) is 0 Å². The van der Waals surface area contributed by atoms with Crippen molar-refractivity contribution in [3.05, 3.63) is 53.9 Å². The molecule has 0 spiro atoms. The van der Waals surface area contributed by atoms with Gasteiger partial charge < -0.3 is 25.3 Å². The summed E-state index contributed by atoms with van der Waals surface area (Å²) in [7, 11) is 1.59. The van der Waals surface area contributed by atoms with Gasteiger partial charge in [0.25, 0.3) is 0 Å². The van der Waals surface area contributed by atoms with Gasteiger partial charge in [-0.25, -0.2) is 0 Å². The van der Waals surface area contributed by atoms with Gasteiger partial charge in [0.2, 0.25) is 5.91 Å². The first-order valence-corrected chi connectivity index (χ1v) is 8.94. The Balaban J connectivity index is 0.00000210. The first-order chi connectivity index (χ1) is 13.1. The van der Waals surface area contributed by atoms with E-state index in [2.05, 4.69) is 10.3 Å². The number of carbonyl (C=O) groups is 1. The van der Waals surface area contributed by atoms with Gasteiger partial charge in [0.1, 0.15) is 6.61 Å². The number of amides is 1. The maximum atomic E-state index is 12.4. The number of methoxy groups -OCH3 is 1. The zero-order valence-corrected chi connectivity index (χ0v) is 17.9. The summed E-state index contributed by atoms with van der Waals surface area (Å²) in [5.74, 6) is 1.09. The van der Waals surface area contributed by atoms with E-state index in [1.807, 2.05) is 30.3 Å². The molecule has 1 aliphatic heterocycles. The van der Waals surface area contributed by atoms with Crippen molar-refractivity contribution in [3.63, 3.8) is 0 Å². The summed E-state index contributed by atoms with van der Waals surface area (Å²) < 4.78 is 16.5. The molecule has 0 bridgehead atoms. The number of ether oxygens (including phenoxy) is 3. The Morgan fingerprint density at radius 1 is 1.21 bits per heavy atom. The molecule has 0 unspecified atom stereocenters. The highest BCUT2D eigenvalue weighted by molar-refractivity contribution is 5.86. The minimum atomic E-state index is -0.852. The Labute approximate surface area is 183 Å². The maximum absolute atomic E-state index is 12.4. The van der Waals surface area contributed by atoms with Crippen LogP contribution in [0.1, 0.15) is 24.0 Å². The topological polar surface area (TPSA) is 95.7 Å². The van der Waals surface area contributed by atoms with Crippen LogP contribution in [0.2, 0.25) is 0 Å². The summed E-state index contributed by atoms with van der Waals surface area (Å²) >= 11 is 0. The molecule has 1 aliphatic rings. The number of aromatic nitrogens is 1. The van der Waals surface area contributed by atoms with E-state index in [0.717, 1.165) is 11.1 Å². The summed E-state index contributed by atoms with van der Waals surface area (Å²) in [6, 6.07) is 9.40. The molecule has 2 aromatic rings. The van der Waals surface area contributed by atoms with E-state index < -0.39 is 5.54 Å². The SMILES string of the molecule is COc1cc(CNC(=O)C2(N)CCOCC2)ccc1OCc1cccnc1.Cl.Cl. The fraction of sp³-hybridized carbons (Fsp3) is 0.400. The molecule has 160 valence electrons. The minimum absolute atomic E-state index is 0. The number of rotatable bonds is 7. The normalized spacial score (nSPS) is 14.7. The zero-order valence-electron chi connectivity index (χ0n) is 16.3. The molecule has 0 radical (unpaired) electrons. The van der Waals surface area contributed by atoms with E-state index in [1.165, 1.54) is 0 Å². The molecule has 0 atom stereocenters. The molecule has 1 aromatic carbocycles. The standard InChI is InChI=1S/C20H25N3O4.2ClH/c1-25-18-11-15(13-23-19(24)20(21)6-9-26-10-7-20)4-5-17(18)27-14-16-3-2-8-22-12-16;;/h2-5,8,11-12H,6-7,9-10,13-14,21H2,1H3,(H,23,24);2*1H. The Bertz CT molecular complexity index is 772. The smallest absolute Gasteiger partial charge is 0.240 e. The highest BCUT2D eigenvalue weighted by atomic mass is 35.5. The summed E-state index contributed by atoms with van der Waals surface area (Å²) in [6.07, 6.45) is 4.54. The van der Waals surface area contributed by atoms with Crippen LogP contribution in [0.15, 0.2) is 42.7 Å². The summed E-state index contributed by atoms with van der Waals surface area (Å²) in [6.45, 7) is 1.80. The van der Waals surface area contributed by atoms with Crippen LogP contribution >= 0.6 is 24.8 Å². The van der Waals surface area contributed by atoms with Crippen LogP contribution < -0.4 is 20.5 Å². The van der Waals surface area contributed by atoms with Gasteiger partial charge in [-0.3, -0.25) is 9.78 Å². The van der Waals surface area contributed by atoms with Crippen LogP contribution in [-0.4, -0.2) is 36.8 Å². The molecule has 2 heterocycles. The lowest BCUT2D eigenvalue weighted by molar-refractivity contribution is -0.129. The van der Waals surface area contributed by atoms with Gasteiger partial charge >= 0.3 is 0 Å². The molecule has 1 amide bonds. The number of nitrogens with one attached hydrogen (secondary N) is 1. The minimum Gasteiger partial charge on any atom is -0.493 e. The lowest BCUT2D eigenvalue weighted by Gasteiger charge is -2.31.